The fourth-order valence-corrected chi connectivity index (χ4v) is 3.61. The van der Waals surface area contributed by atoms with Crippen LogP contribution in [0.15, 0.2) is 24.3 Å². The zero-order valence-corrected chi connectivity index (χ0v) is 10.8. The van der Waals surface area contributed by atoms with Gasteiger partial charge in [0.15, 0.2) is 0 Å². The highest BCUT2D eigenvalue weighted by Gasteiger charge is 2.49. The average molecular weight is 231 g/mol. The Morgan fingerprint density at radius 2 is 2.12 bits per heavy atom. The van der Waals surface area contributed by atoms with Gasteiger partial charge >= 0.3 is 0 Å². The standard InChI is InChI=1S/C15H21NO/c1-16(2)11-15-10-6-5-8-13(15)12-7-3-4-9-14(12)17-15/h3-4,7,9,13H,5-6,8,10-11H2,1-2H3/t13-,15+/m1/s1. The van der Waals surface area contributed by atoms with E-state index in [0.29, 0.717) is 5.92 Å². The molecule has 0 radical (unpaired) electrons. The lowest BCUT2D eigenvalue weighted by Crippen LogP contribution is -2.48. The Balaban J connectivity index is 1.98. The van der Waals surface area contributed by atoms with Crippen LogP contribution < -0.4 is 4.74 Å². The molecule has 2 aliphatic rings. The quantitative estimate of drug-likeness (QED) is 0.775. The van der Waals surface area contributed by atoms with Crippen molar-refractivity contribution in [3.05, 3.63) is 29.8 Å². The van der Waals surface area contributed by atoms with Crippen molar-refractivity contribution in [1.29, 1.82) is 0 Å². The highest BCUT2D eigenvalue weighted by atomic mass is 16.5. The predicted octanol–water partition coefficient (Wildman–Crippen LogP) is 3.04. The van der Waals surface area contributed by atoms with E-state index >= 15 is 0 Å². The molecule has 0 unspecified atom stereocenters. The molecule has 0 bridgehead atoms. The number of nitrogens with zero attached hydrogens (tertiary/aromatic N) is 1. The first-order valence-electron chi connectivity index (χ1n) is 6.64. The van der Waals surface area contributed by atoms with Crippen LogP contribution in [0.2, 0.25) is 0 Å². The number of fused-ring (bicyclic) bond motifs is 3. The van der Waals surface area contributed by atoms with Crippen LogP contribution in [0, 0.1) is 0 Å². The first kappa shape index (κ1) is 11.1. The number of hydrogen-bond donors (Lipinski definition) is 0. The van der Waals surface area contributed by atoms with Crippen molar-refractivity contribution in [2.24, 2.45) is 0 Å². The van der Waals surface area contributed by atoms with E-state index in [4.69, 9.17) is 4.74 Å². The minimum atomic E-state index is 0.0471. The van der Waals surface area contributed by atoms with Crippen molar-refractivity contribution in [3.8, 4) is 5.75 Å². The summed E-state index contributed by atoms with van der Waals surface area (Å²) in [7, 11) is 4.29. The van der Waals surface area contributed by atoms with Crippen LogP contribution >= 0.6 is 0 Å². The second-order valence-corrected chi connectivity index (χ2v) is 5.74. The molecule has 0 amide bonds. The molecule has 0 N–H and O–H groups in total. The van der Waals surface area contributed by atoms with E-state index in [-0.39, 0.29) is 5.60 Å². The first-order valence-corrected chi connectivity index (χ1v) is 6.64. The van der Waals surface area contributed by atoms with Crippen LogP contribution in [0.1, 0.15) is 37.2 Å². The maximum atomic E-state index is 6.37. The Morgan fingerprint density at radius 3 is 2.94 bits per heavy atom. The van der Waals surface area contributed by atoms with Crippen molar-refractivity contribution in [2.45, 2.75) is 37.2 Å². The third kappa shape index (κ3) is 1.75. The molecule has 3 rings (SSSR count). The largest absolute Gasteiger partial charge is 0.485 e. The molecule has 0 saturated heterocycles. The lowest BCUT2D eigenvalue weighted by molar-refractivity contribution is 0.0125. The van der Waals surface area contributed by atoms with Gasteiger partial charge in [-0.1, -0.05) is 24.6 Å². The molecule has 0 spiro atoms. The summed E-state index contributed by atoms with van der Waals surface area (Å²) < 4.78 is 6.37. The molecule has 2 atom stereocenters. The van der Waals surface area contributed by atoms with Crippen molar-refractivity contribution in [2.75, 3.05) is 20.6 Å². The summed E-state index contributed by atoms with van der Waals surface area (Å²) in [5.74, 6) is 1.73. The summed E-state index contributed by atoms with van der Waals surface area (Å²) in [5.41, 5.74) is 1.49. The van der Waals surface area contributed by atoms with Crippen LogP contribution in [-0.2, 0) is 0 Å². The van der Waals surface area contributed by atoms with Gasteiger partial charge in [0.1, 0.15) is 11.4 Å². The third-order valence-electron chi connectivity index (χ3n) is 4.17. The molecule has 1 aromatic rings. The molecule has 2 nitrogen and oxygen atoms in total. The van der Waals surface area contributed by atoms with Crippen molar-refractivity contribution in [3.63, 3.8) is 0 Å². The summed E-state index contributed by atoms with van der Waals surface area (Å²) in [6.07, 6.45) is 5.13. The van der Waals surface area contributed by atoms with Crippen molar-refractivity contribution >= 4 is 0 Å². The van der Waals surface area contributed by atoms with Gasteiger partial charge in [-0.2, -0.15) is 0 Å². The topological polar surface area (TPSA) is 12.5 Å². The molecule has 1 aliphatic heterocycles. The van der Waals surface area contributed by atoms with Gasteiger partial charge in [-0.25, -0.2) is 0 Å². The molecular weight excluding hydrogens is 210 g/mol. The zero-order valence-electron chi connectivity index (χ0n) is 10.8. The van der Waals surface area contributed by atoms with Gasteiger partial charge in [-0.05, 0) is 39.4 Å². The third-order valence-corrected chi connectivity index (χ3v) is 4.17. The Kier molecular flexibility index (Phi) is 2.62. The van der Waals surface area contributed by atoms with E-state index in [1.807, 2.05) is 0 Å². The van der Waals surface area contributed by atoms with E-state index in [1.165, 1.54) is 31.2 Å². The van der Waals surface area contributed by atoms with Crippen LogP contribution in [0.5, 0.6) is 5.75 Å². The first-order chi connectivity index (χ1) is 8.21. The van der Waals surface area contributed by atoms with Gasteiger partial charge in [0, 0.05) is 18.0 Å². The summed E-state index contributed by atoms with van der Waals surface area (Å²) in [6, 6.07) is 8.61. The Morgan fingerprint density at radius 1 is 1.29 bits per heavy atom. The second kappa shape index (κ2) is 4.02. The molecule has 1 aliphatic carbocycles. The Hall–Kier alpha value is -1.02. The molecular formula is C15H21NO. The number of rotatable bonds is 2. The smallest absolute Gasteiger partial charge is 0.129 e. The minimum Gasteiger partial charge on any atom is -0.485 e. The van der Waals surface area contributed by atoms with E-state index in [1.54, 1.807) is 0 Å². The molecule has 17 heavy (non-hydrogen) atoms. The summed E-state index contributed by atoms with van der Waals surface area (Å²) in [5, 5.41) is 0. The number of hydrogen-bond acceptors (Lipinski definition) is 2. The summed E-state index contributed by atoms with van der Waals surface area (Å²) in [4.78, 5) is 2.27. The number of ether oxygens (including phenoxy) is 1. The van der Waals surface area contributed by atoms with Crippen LogP contribution in [0.4, 0.5) is 0 Å². The summed E-state index contributed by atoms with van der Waals surface area (Å²) in [6.45, 7) is 1.03. The zero-order chi connectivity index (χ0) is 11.9. The highest BCUT2D eigenvalue weighted by molar-refractivity contribution is 5.43. The molecule has 1 saturated carbocycles. The fourth-order valence-electron chi connectivity index (χ4n) is 3.61. The normalized spacial score (nSPS) is 30.9. The Bertz CT molecular complexity index is 415. The lowest BCUT2D eigenvalue weighted by Gasteiger charge is -2.40. The molecule has 1 aromatic carbocycles. The van der Waals surface area contributed by atoms with Crippen molar-refractivity contribution in [1.82, 2.24) is 4.90 Å². The average Bonchev–Trinajstić information content (AvgIpc) is 2.61. The molecule has 0 aromatic heterocycles. The van der Waals surface area contributed by atoms with E-state index in [2.05, 4.69) is 43.3 Å². The van der Waals surface area contributed by atoms with Crippen LogP contribution in [-0.4, -0.2) is 31.1 Å². The minimum absolute atomic E-state index is 0.0471. The number of para-hydroxylation sites is 1. The van der Waals surface area contributed by atoms with Gasteiger partial charge in [0.05, 0.1) is 0 Å². The van der Waals surface area contributed by atoms with E-state index < -0.39 is 0 Å². The van der Waals surface area contributed by atoms with Gasteiger partial charge in [-0.3, -0.25) is 0 Å². The summed E-state index contributed by atoms with van der Waals surface area (Å²) >= 11 is 0. The van der Waals surface area contributed by atoms with Crippen molar-refractivity contribution < 1.29 is 4.74 Å². The maximum Gasteiger partial charge on any atom is 0.129 e. The molecule has 1 heterocycles. The van der Waals surface area contributed by atoms with Gasteiger partial charge in [-0.15, -0.1) is 0 Å². The Labute approximate surface area is 104 Å². The number of likely N-dealkylation sites (N-methyl/N-ethyl adjacent to an activating group) is 1. The molecule has 1 fully saturated rings. The monoisotopic (exact) mass is 231 g/mol. The highest BCUT2D eigenvalue weighted by Crippen LogP contribution is 2.52. The lowest BCUT2D eigenvalue weighted by atomic mass is 9.73. The predicted molar refractivity (Wildman–Crippen MR) is 69.6 cm³/mol. The fraction of sp³-hybridized carbons (Fsp3) is 0.600. The second-order valence-electron chi connectivity index (χ2n) is 5.74. The SMILES string of the molecule is CN(C)C[C@@]12CCCC[C@@H]1c1ccccc1O2. The maximum absolute atomic E-state index is 6.37. The van der Waals surface area contributed by atoms with Gasteiger partial charge in [0.25, 0.3) is 0 Å². The van der Waals surface area contributed by atoms with E-state index in [9.17, 15) is 0 Å². The van der Waals surface area contributed by atoms with Crippen LogP contribution in [0.25, 0.3) is 0 Å². The molecule has 2 heteroatoms. The molecule has 92 valence electrons. The van der Waals surface area contributed by atoms with Gasteiger partial charge < -0.3 is 9.64 Å². The van der Waals surface area contributed by atoms with Crippen LogP contribution in [0.3, 0.4) is 0 Å². The van der Waals surface area contributed by atoms with E-state index in [0.717, 1.165) is 12.3 Å². The number of benzene rings is 1. The van der Waals surface area contributed by atoms with Gasteiger partial charge in [0.2, 0.25) is 0 Å².